The fourth-order valence-corrected chi connectivity index (χ4v) is 2.08. The molecule has 0 saturated carbocycles. The molecular weight excluding hydrogens is 280 g/mol. The molecule has 2 aromatic rings. The first kappa shape index (κ1) is 15.9. The smallest absolute Gasteiger partial charge is 0.303 e. The molecule has 0 unspecified atom stereocenters. The molecule has 0 fully saturated rings. The number of carbonyl (C=O) groups is 1. The maximum atomic E-state index is 10.7. The zero-order valence-corrected chi connectivity index (χ0v) is 12.6. The summed E-state index contributed by atoms with van der Waals surface area (Å²) in [5.74, 6) is 0.522. The Morgan fingerprint density at radius 1 is 1.00 bits per heavy atom. The molecule has 0 radical (unpaired) electrons. The minimum Gasteiger partial charge on any atom is -0.490 e. The minimum absolute atomic E-state index is 0.107. The lowest BCUT2D eigenvalue weighted by Gasteiger charge is -2.13. The van der Waals surface area contributed by atoms with Crippen LogP contribution in [0.25, 0.3) is 0 Å². The van der Waals surface area contributed by atoms with Crippen LogP contribution in [0.1, 0.15) is 24.5 Å². The van der Waals surface area contributed by atoms with Crippen LogP contribution in [0.15, 0.2) is 48.5 Å². The monoisotopic (exact) mass is 300 g/mol. The van der Waals surface area contributed by atoms with Gasteiger partial charge in [-0.3, -0.25) is 4.79 Å². The van der Waals surface area contributed by atoms with E-state index in [-0.39, 0.29) is 6.42 Å². The van der Waals surface area contributed by atoms with Gasteiger partial charge in [0.25, 0.3) is 0 Å². The molecule has 0 aromatic heterocycles. The Labute approximate surface area is 130 Å². The number of carboxylic acids is 1. The first-order chi connectivity index (χ1) is 10.7. The van der Waals surface area contributed by atoms with Crippen LogP contribution in [0.2, 0.25) is 0 Å². The number of aliphatic carboxylic acids is 1. The predicted octanol–water partition coefficient (Wildman–Crippen LogP) is 3.68. The predicted molar refractivity (Wildman–Crippen MR) is 84.3 cm³/mol. The SMILES string of the molecule is CCOc1cc(CCC(=O)O)ccc1OCc1ccccc1. The normalized spacial score (nSPS) is 10.2. The highest BCUT2D eigenvalue weighted by Crippen LogP contribution is 2.29. The zero-order chi connectivity index (χ0) is 15.8. The van der Waals surface area contributed by atoms with E-state index in [9.17, 15) is 4.79 Å². The second-order valence-electron chi connectivity index (χ2n) is 4.88. The lowest BCUT2D eigenvalue weighted by molar-refractivity contribution is -0.136. The summed E-state index contributed by atoms with van der Waals surface area (Å²) in [4.78, 5) is 10.7. The van der Waals surface area contributed by atoms with Gasteiger partial charge in [0.1, 0.15) is 6.61 Å². The second-order valence-corrected chi connectivity index (χ2v) is 4.88. The van der Waals surface area contributed by atoms with E-state index < -0.39 is 5.97 Å². The van der Waals surface area contributed by atoms with Gasteiger partial charge >= 0.3 is 5.97 Å². The van der Waals surface area contributed by atoms with Gasteiger partial charge in [-0.2, -0.15) is 0 Å². The molecule has 0 bridgehead atoms. The molecule has 0 saturated heterocycles. The van der Waals surface area contributed by atoms with Crippen LogP contribution in [0.3, 0.4) is 0 Å². The van der Waals surface area contributed by atoms with Crippen molar-refractivity contribution in [1.82, 2.24) is 0 Å². The number of rotatable bonds is 8. The summed E-state index contributed by atoms with van der Waals surface area (Å²) in [5, 5.41) is 8.76. The minimum atomic E-state index is -0.803. The Kier molecular flexibility index (Phi) is 5.83. The molecule has 0 spiro atoms. The molecule has 0 aliphatic heterocycles. The third kappa shape index (κ3) is 4.81. The van der Waals surface area contributed by atoms with E-state index in [2.05, 4.69) is 0 Å². The van der Waals surface area contributed by atoms with Crippen molar-refractivity contribution in [2.45, 2.75) is 26.4 Å². The fraction of sp³-hybridized carbons (Fsp3) is 0.278. The molecule has 22 heavy (non-hydrogen) atoms. The molecule has 2 aromatic carbocycles. The molecule has 4 heteroatoms. The van der Waals surface area contributed by atoms with Gasteiger partial charge in [0.05, 0.1) is 6.61 Å². The third-order valence-corrected chi connectivity index (χ3v) is 3.17. The van der Waals surface area contributed by atoms with Crippen LogP contribution >= 0.6 is 0 Å². The van der Waals surface area contributed by atoms with E-state index in [1.165, 1.54) is 0 Å². The molecule has 0 aliphatic carbocycles. The molecule has 0 atom stereocenters. The zero-order valence-electron chi connectivity index (χ0n) is 12.6. The summed E-state index contributed by atoms with van der Waals surface area (Å²) in [7, 11) is 0. The standard InChI is InChI=1S/C18H20O4/c1-2-21-17-12-14(9-11-18(19)20)8-10-16(17)22-13-15-6-4-3-5-7-15/h3-8,10,12H,2,9,11,13H2,1H3,(H,19,20). The van der Waals surface area contributed by atoms with Gasteiger partial charge in [-0.05, 0) is 36.6 Å². The van der Waals surface area contributed by atoms with Crippen molar-refractivity contribution in [1.29, 1.82) is 0 Å². The summed E-state index contributed by atoms with van der Waals surface area (Å²) in [6, 6.07) is 15.5. The molecule has 4 nitrogen and oxygen atoms in total. The number of carboxylic acid groups (broad SMARTS) is 1. The molecule has 0 heterocycles. The number of hydrogen-bond acceptors (Lipinski definition) is 3. The highest BCUT2D eigenvalue weighted by atomic mass is 16.5. The van der Waals surface area contributed by atoms with Gasteiger partial charge in [-0.25, -0.2) is 0 Å². The lowest BCUT2D eigenvalue weighted by atomic mass is 10.1. The van der Waals surface area contributed by atoms with Gasteiger partial charge in [0.2, 0.25) is 0 Å². The highest BCUT2D eigenvalue weighted by Gasteiger charge is 2.08. The van der Waals surface area contributed by atoms with Crippen LogP contribution < -0.4 is 9.47 Å². The second kappa shape index (κ2) is 8.08. The Bertz CT molecular complexity index is 608. The Hall–Kier alpha value is -2.49. The summed E-state index contributed by atoms with van der Waals surface area (Å²) >= 11 is 0. The van der Waals surface area contributed by atoms with Crippen molar-refractivity contribution in [3.8, 4) is 11.5 Å². The molecule has 0 amide bonds. The first-order valence-electron chi connectivity index (χ1n) is 7.33. The Balaban J connectivity index is 2.07. The van der Waals surface area contributed by atoms with E-state index in [0.29, 0.717) is 31.1 Å². The summed E-state index contributed by atoms with van der Waals surface area (Å²) in [5.41, 5.74) is 2.01. The number of ether oxygens (including phenoxy) is 2. The average Bonchev–Trinajstić information content (AvgIpc) is 2.53. The lowest BCUT2D eigenvalue weighted by Crippen LogP contribution is -2.02. The van der Waals surface area contributed by atoms with Crippen molar-refractivity contribution in [3.05, 3.63) is 59.7 Å². The van der Waals surface area contributed by atoms with Crippen LogP contribution in [-0.4, -0.2) is 17.7 Å². The topological polar surface area (TPSA) is 55.8 Å². The van der Waals surface area contributed by atoms with Gasteiger partial charge in [-0.15, -0.1) is 0 Å². The fourth-order valence-electron chi connectivity index (χ4n) is 2.08. The van der Waals surface area contributed by atoms with E-state index in [4.69, 9.17) is 14.6 Å². The van der Waals surface area contributed by atoms with Gasteiger partial charge in [-0.1, -0.05) is 36.4 Å². The van der Waals surface area contributed by atoms with Crippen LogP contribution in [-0.2, 0) is 17.8 Å². The van der Waals surface area contributed by atoms with Crippen molar-refractivity contribution < 1.29 is 19.4 Å². The molecule has 0 aliphatic rings. The van der Waals surface area contributed by atoms with E-state index >= 15 is 0 Å². The van der Waals surface area contributed by atoms with Crippen LogP contribution in [0, 0.1) is 0 Å². The summed E-state index contributed by atoms with van der Waals surface area (Å²) in [6.07, 6.45) is 0.587. The Morgan fingerprint density at radius 2 is 1.77 bits per heavy atom. The maximum absolute atomic E-state index is 10.7. The van der Waals surface area contributed by atoms with E-state index in [0.717, 1.165) is 11.1 Å². The first-order valence-corrected chi connectivity index (χ1v) is 7.33. The van der Waals surface area contributed by atoms with Gasteiger partial charge in [0, 0.05) is 6.42 Å². The quantitative estimate of drug-likeness (QED) is 0.808. The molecule has 2 rings (SSSR count). The van der Waals surface area contributed by atoms with Gasteiger partial charge in [0.15, 0.2) is 11.5 Å². The highest BCUT2D eigenvalue weighted by molar-refractivity contribution is 5.67. The number of hydrogen-bond donors (Lipinski definition) is 1. The number of benzene rings is 2. The summed E-state index contributed by atoms with van der Waals surface area (Å²) < 4.78 is 11.4. The number of aryl methyl sites for hydroxylation is 1. The molecule has 116 valence electrons. The molecular formula is C18H20O4. The van der Waals surface area contributed by atoms with Crippen LogP contribution in [0.5, 0.6) is 11.5 Å². The maximum Gasteiger partial charge on any atom is 0.303 e. The average molecular weight is 300 g/mol. The summed E-state index contributed by atoms with van der Waals surface area (Å²) in [6.45, 7) is 2.91. The van der Waals surface area contributed by atoms with Gasteiger partial charge < -0.3 is 14.6 Å². The van der Waals surface area contributed by atoms with E-state index in [1.54, 1.807) is 0 Å². The van der Waals surface area contributed by atoms with Crippen molar-refractivity contribution in [3.63, 3.8) is 0 Å². The van der Waals surface area contributed by atoms with E-state index in [1.807, 2.05) is 55.5 Å². The Morgan fingerprint density at radius 3 is 2.45 bits per heavy atom. The third-order valence-electron chi connectivity index (χ3n) is 3.17. The van der Waals surface area contributed by atoms with Crippen molar-refractivity contribution >= 4 is 5.97 Å². The molecule has 1 N–H and O–H groups in total. The van der Waals surface area contributed by atoms with Crippen molar-refractivity contribution in [2.75, 3.05) is 6.61 Å². The van der Waals surface area contributed by atoms with Crippen molar-refractivity contribution in [2.24, 2.45) is 0 Å². The largest absolute Gasteiger partial charge is 0.490 e. The van der Waals surface area contributed by atoms with Crippen LogP contribution in [0.4, 0.5) is 0 Å².